The Labute approximate surface area is 225 Å². The van der Waals surface area contributed by atoms with Gasteiger partial charge in [-0.1, -0.05) is 83.2 Å². The molecule has 0 aliphatic carbocycles. The van der Waals surface area contributed by atoms with Gasteiger partial charge < -0.3 is 14.2 Å². The molecule has 0 aromatic heterocycles. The van der Waals surface area contributed by atoms with Crippen LogP contribution >= 0.6 is 0 Å². The molecule has 6 nitrogen and oxygen atoms in total. The van der Waals surface area contributed by atoms with Gasteiger partial charge in [0.25, 0.3) is 0 Å². The second kappa shape index (κ2) is 16.9. The van der Waals surface area contributed by atoms with Crippen LogP contribution in [0.4, 0.5) is 0 Å². The molecule has 0 N–H and O–H groups in total. The van der Waals surface area contributed by atoms with E-state index < -0.39 is 17.9 Å². The first-order valence-electron chi connectivity index (χ1n) is 11.9. The summed E-state index contributed by atoms with van der Waals surface area (Å²) in [5.41, 5.74) is 3.56. The van der Waals surface area contributed by atoms with Gasteiger partial charge in [-0.05, 0) is 52.5 Å². The van der Waals surface area contributed by atoms with Gasteiger partial charge in [-0.3, -0.25) is 0 Å². The van der Waals surface area contributed by atoms with Crippen molar-refractivity contribution in [3.63, 3.8) is 0 Å². The van der Waals surface area contributed by atoms with E-state index in [2.05, 4.69) is 39.5 Å². The van der Waals surface area contributed by atoms with Crippen LogP contribution in [0.25, 0.3) is 0 Å². The number of benzene rings is 1. The fourth-order valence-electron chi connectivity index (χ4n) is 2.87. The summed E-state index contributed by atoms with van der Waals surface area (Å²) in [4.78, 5) is 34.8. The maximum atomic E-state index is 12.4. The van der Waals surface area contributed by atoms with Crippen molar-refractivity contribution in [3.05, 3.63) is 140 Å². The van der Waals surface area contributed by atoms with Crippen LogP contribution in [-0.2, 0) is 36.7 Å². The van der Waals surface area contributed by atoms with Crippen molar-refractivity contribution in [1.82, 2.24) is 0 Å². The fraction of sp³-hybridized carbons (Fsp3) is 0.156. The molecule has 0 atom stereocenters. The molecule has 1 aromatic rings. The van der Waals surface area contributed by atoms with Gasteiger partial charge in [-0.25, -0.2) is 14.4 Å². The highest BCUT2D eigenvalue weighted by Crippen LogP contribution is 2.23. The monoisotopic (exact) mass is 514 g/mol. The molecular formula is C32H34O6. The Morgan fingerprint density at radius 1 is 0.789 bits per heavy atom. The summed E-state index contributed by atoms with van der Waals surface area (Å²) in [6, 6.07) is 5.53. The smallest absolute Gasteiger partial charge is 0.336 e. The van der Waals surface area contributed by atoms with Crippen molar-refractivity contribution in [3.8, 4) is 5.75 Å². The van der Waals surface area contributed by atoms with E-state index in [1.165, 1.54) is 18.2 Å². The number of ether oxygens (including phenoxy) is 3. The summed E-state index contributed by atoms with van der Waals surface area (Å²) in [6.45, 7) is 24.3. The van der Waals surface area contributed by atoms with E-state index in [0.717, 1.165) is 36.1 Å². The summed E-state index contributed by atoms with van der Waals surface area (Å²) in [6.07, 6.45) is 13.6. The second-order valence-electron chi connectivity index (χ2n) is 7.95. The van der Waals surface area contributed by atoms with Gasteiger partial charge in [0.2, 0.25) is 0 Å². The number of hydrogen-bond acceptors (Lipinski definition) is 6. The van der Waals surface area contributed by atoms with Crippen molar-refractivity contribution >= 4 is 17.9 Å². The summed E-state index contributed by atoms with van der Waals surface area (Å²) in [5, 5.41) is 0. The van der Waals surface area contributed by atoms with E-state index >= 15 is 0 Å². The van der Waals surface area contributed by atoms with Crippen molar-refractivity contribution in [1.29, 1.82) is 0 Å². The van der Waals surface area contributed by atoms with Crippen LogP contribution in [0, 0.1) is 0 Å². The van der Waals surface area contributed by atoms with Gasteiger partial charge in [0.05, 0.1) is 6.61 Å². The number of esters is 3. The standard InChI is InChI=1S/C32H34O6/c1-8-11-28-22-27(20-21-36-30(33)9-2)17-18-29(28)38-32(35)19-13-23(4)12-14-24(5)25(6)15-16-26(7)37-31(34)10-3/h9-10,12-19,22H,2-8,11,20-21H2,1H3/b14-12-,16-15-,19-13+. The average molecular weight is 515 g/mol. The molecule has 1 rings (SSSR count). The molecule has 0 unspecified atom stereocenters. The van der Waals surface area contributed by atoms with Crippen LogP contribution < -0.4 is 4.74 Å². The number of allylic oxidation sites excluding steroid dienone is 8. The summed E-state index contributed by atoms with van der Waals surface area (Å²) >= 11 is 0. The molecule has 0 saturated carbocycles. The molecule has 0 saturated heterocycles. The summed E-state index contributed by atoms with van der Waals surface area (Å²) in [7, 11) is 0. The fourth-order valence-corrected chi connectivity index (χ4v) is 2.87. The number of rotatable bonds is 16. The highest BCUT2D eigenvalue weighted by molar-refractivity contribution is 5.85. The predicted molar refractivity (Wildman–Crippen MR) is 151 cm³/mol. The molecule has 1 aromatic carbocycles. The van der Waals surface area contributed by atoms with Crippen LogP contribution in [0.3, 0.4) is 0 Å². The van der Waals surface area contributed by atoms with Gasteiger partial charge in [0.15, 0.2) is 0 Å². The SMILES string of the molecule is C=CC(=O)OCCc1ccc(OC(=O)/C=C/C(=C)/C=C\C(=C)C(=C)/C=C\C(=C)OC(=O)C=C)c(CCC)c1. The van der Waals surface area contributed by atoms with E-state index in [0.29, 0.717) is 28.9 Å². The van der Waals surface area contributed by atoms with Crippen molar-refractivity contribution < 1.29 is 28.6 Å². The quantitative estimate of drug-likeness (QED) is 0.0835. The Hall–Kier alpha value is -4.71. The lowest BCUT2D eigenvalue weighted by Gasteiger charge is -2.11. The minimum Gasteiger partial charge on any atom is -0.462 e. The van der Waals surface area contributed by atoms with Crippen molar-refractivity contribution in [2.24, 2.45) is 0 Å². The minimum absolute atomic E-state index is 0.143. The highest BCUT2D eigenvalue weighted by Gasteiger charge is 2.09. The van der Waals surface area contributed by atoms with Gasteiger partial charge >= 0.3 is 17.9 Å². The Balaban J connectivity index is 2.69. The third-order valence-corrected chi connectivity index (χ3v) is 4.87. The predicted octanol–water partition coefficient (Wildman–Crippen LogP) is 6.40. The van der Waals surface area contributed by atoms with Gasteiger partial charge in [-0.2, -0.15) is 0 Å². The lowest BCUT2D eigenvalue weighted by molar-refractivity contribution is -0.137. The maximum absolute atomic E-state index is 12.4. The summed E-state index contributed by atoms with van der Waals surface area (Å²) < 4.78 is 15.4. The van der Waals surface area contributed by atoms with Crippen molar-refractivity contribution in [2.45, 2.75) is 26.2 Å². The van der Waals surface area contributed by atoms with E-state index in [9.17, 15) is 14.4 Å². The zero-order chi connectivity index (χ0) is 28.5. The molecule has 0 bridgehead atoms. The Morgan fingerprint density at radius 2 is 1.42 bits per heavy atom. The zero-order valence-corrected chi connectivity index (χ0v) is 21.9. The normalized spacial score (nSPS) is 10.8. The van der Waals surface area contributed by atoms with E-state index in [4.69, 9.17) is 14.2 Å². The third-order valence-electron chi connectivity index (χ3n) is 4.87. The molecule has 6 heteroatoms. The topological polar surface area (TPSA) is 78.9 Å². The van der Waals surface area contributed by atoms with E-state index in [1.54, 1.807) is 24.3 Å². The number of aryl methyl sites for hydroxylation is 1. The Morgan fingerprint density at radius 3 is 2.05 bits per heavy atom. The lowest BCUT2D eigenvalue weighted by Crippen LogP contribution is -2.08. The molecule has 0 fully saturated rings. The second-order valence-corrected chi connectivity index (χ2v) is 7.95. The van der Waals surface area contributed by atoms with Gasteiger partial charge in [0, 0.05) is 24.6 Å². The molecule has 0 spiro atoms. The van der Waals surface area contributed by atoms with Crippen LogP contribution in [0.15, 0.2) is 129 Å². The molecule has 38 heavy (non-hydrogen) atoms. The Bertz CT molecular complexity index is 1210. The number of carbonyl (C=O) groups is 3. The molecular weight excluding hydrogens is 480 g/mol. The van der Waals surface area contributed by atoms with Crippen LogP contribution in [-0.4, -0.2) is 24.5 Å². The Kier molecular flexibility index (Phi) is 13.9. The molecule has 0 aliphatic rings. The largest absolute Gasteiger partial charge is 0.462 e. The lowest BCUT2D eigenvalue weighted by atomic mass is 10.0. The minimum atomic E-state index is -0.604. The molecule has 0 aliphatic heterocycles. The first-order chi connectivity index (χ1) is 18.1. The van der Waals surface area contributed by atoms with E-state index in [-0.39, 0.29) is 12.4 Å². The van der Waals surface area contributed by atoms with Crippen LogP contribution in [0.2, 0.25) is 0 Å². The number of carbonyl (C=O) groups excluding carboxylic acids is 3. The highest BCUT2D eigenvalue weighted by atomic mass is 16.5. The zero-order valence-electron chi connectivity index (χ0n) is 21.9. The molecule has 0 heterocycles. The van der Waals surface area contributed by atoms with Gasteiger partial charge in [0.1, 0.15) is 11.5 Å². The first kappa shape index (κ1) is 31.3. The van der Waals surface area contributed by atoms with Gasteiger partial charge in [-0.15, -0.1) is 0 Å². The van der Waals surface area contributed by atoms with E-state index in [1.807, 2.05) is 19.1 Å². The van der Waals surface area contributed by atoms with Crippen molar-refractivity contribution in [2.75, 3.05) is 6.61 Å². The summed E-state index contributed by atoms with van der Waals surface area (Å²) in [5.74, 6) is -0.985. The third kappa shape index (κ3) is 12.3. The molecule has 0 amide bonds. The number of hydrogen-bond donors (Lipinski definition) is 0. The average Bonchev–Trinajstić information content (AvgIpc) is 2.90. The molecule has 198 valence electrons. The van der Waals surface area contributed by atoms with Crippen LogP contribution in [0.5, 0.6) is 5.75 Å². The molecule has 0 radical (unpaired) electrons. The first-order valence-corrected chi connectivity index (χ1v) is 11.9. The van der Waals surface area contributed by atoms with Crippen LogP contribution in [0.1, 0.15) is 24.5 Å². The maximum Gasteiger partial charge on any atom is 0.336 e.